The summed E-state index contributed by atoms with van der Waals surface area (Å²) in [4.78, 5) is 12.5. The Labute approximate surface area is 144 Å². The Bertz CT molecular complexity index is 1010. The smallest absolute Gasteiger partial charge is 0.453 e. The Hall–Kier alpha value is -2.67. The Morgan fingerprint density at radius 3 is 2.36 bits per heavy atom. The number of rotatable bonds is 2. The van der Waals surface area contributed by atoms with E-state index in [1.165, 1.54) is 43.3 Å². The maximum atomic E-state index is 13.4. The van der Waals surface area contributed by atoms with E-state index in [1.807, 2.05) is 0 Å². The fraction of sp³-hybridized carbons (Fsp3) is 0.118. The molecule has 0 aliphatic heterocycles. The number of phenols is 1. The second-order valence-electron chi connectivity index (χ2n) is 5.23. The summed E-state index contributed by atoms with van der Waals surface area (Å²) in [7, 11) is 0. The Morgan fingerprint density at radius 1 is 1.12 bits per heavy atom. The molecule has 0 bridgehead atoms. The second-order valence-corrected chi connectivity index (χ2v) is 5.67. The van der Waals surface area contributed by atoms with Crippen molar-refractivity contribution in [1.82, 2.24) is 0 Å². The maximum Gasteiger partial charge on any atom is 0.453 e. The van der Waals surface area contributed by atoms with Crippen LogP contribution in [-0.2, 0) is 6.18 Å². The molecule has 0 atom stereocenters. The van der Waals surface area contributed by atoms with Crippen LogP contribution in [0.4, 0.5) is 13.2 Å². The standard InChI is InChI=1S/C17H10ClF3O4/c1-8-12(22)7-6-11-13(23)15(16(17(19,20)21)25-14(8)11)24-10-4-2-9(18)3-5-10/h2-7,22H,1H3. The molecule has 4 nitrogen and oxygen atoms in total. The van der Waals surface area contributed by atoms with Crippen molar-refractivity contribution in [1.29, 1.82) is 0 Å². The largest absolute Gasteiger partial charge is 0.508 e. The van der Waals surface area contributed by atoms with Gasteiger partial charge in [0.2, 0.25) is 11.2 Å². The molecule has 0 radical (unpaired) electrons. The Balaban J connectivity index is 2.29. The number of hydrogen-bond donors (Lipinski definition) is 1. The van der Waals surface area contributed by atoms with Crippen LogP contribution in [0.5, 0.6) is 17.2 Å². The number of benzene rings is 2. The lowest BCUT2D eigenvalue weighted by molar-refractivity contribution is -0.154. The number of ether oxygens (including phenoxy) is 1. The summed E-state index contributed by atoms with van der Waals surface area (Å²) < 4.78 is 50.1. The molecule has 25 heavy (non-hydrogen) atoms. The highest BCUT2D eigenvalue weighted by Gasteiger charge is 2.40. The summed E-state index contributed by atoms with van der Waals surface area (Å²) in [6, 6.07) is 7.86. The predicted molar refractivity (Wildman–Crippen MR) is 85.4 cm³/mol. The third-order valence-corrected chi connectivity index (χ3v) is 3.78. The van der Waals surface area contributed by atoms with Gasteiger partial charge in [-0.3, -0.25) is 4.79 Å². The average molecular weight is 371 g/mol. The van der Waals surface area contributed by atoms with Crippen molar-refractivity contribution in [3.05, 3.63) is 63.0 Å². The summed E-state index contributed by atoms with van der Waals surface area (Å²) in [5.74, 6) is -2.84. The van der Waals surface area contributed by atoms with Crippen molar-refractivity contribution in [2.75, 3.05) is 0 Å². The Morgan fingerprint density at radius 2 is 1.76 bits per heavy atom. The zero-order valence-electron chi connectivity index (χ0n) is 12.6. The van der Waals surface area contributed by atoms with Crippen molar-refractivity contribution in [2.45, 2.75) is 13.1 Å². The molecule has 0 fully saturated rings. The van der Waals surface area contributed by atoms with Gasteiger partial charge in [0, 0.05) is 10.6 Å². The first-order valence-corrected chi connectivity index (χ1v) is 7.36. The van der Waals surface area contributed by atoms with Crippen molar-refractivity contribution in [2.24, 2.45) is 0 Å². The average Bonchev–Trinajstić information content (AvgIpc) is 2.54. The van der Waals surface area contributed by atoms with Gasteiger partial charge in [0.15, 0.2) is 0 Å². The van der Waals surface area contributed by atoms with Gasteiger partial charge in [-0.05, 0) is 43.3 Å². The van der Waals surface area contributed by atoms with E-state index < -0.39 is 23.1 Å². The highest BCUT2D eigenvalue weighted by atomic mass is 35.5. The number of aryl methyl sites for hydroxylation is 1. The molecule has 8 heteroatoms. The molecule has 3 rings (SSSR count). The molecule has 1 N–H and O–H groups in total. The number of phenolic OH excluding ortho intramolecular Hbond substituents is 1. The fourth-order valence-electron chi connectivity index (χ4n) is 2.27. The minimum Gasteiger partial charge on any atom is -0.508 e. The lowest BCUT2D eigenvalue weighted by atomic mass is 10.1. The molecule has 0 spiro atoms. The van der Waals surface area contributed by atoms with Gasteiger partial charge in [-0.1, -0.05) is 11.6 Å². The first-order chi connectivity index (χ1) is 11.7. The van der Waals surface area contributed by atoms with Crippen LogP contribution in [0.3, 0.4) is 0 Å². The van der Waals surface area contributed by atoms with Crippen LogP contribution in [0.2, 0.25) is 5.02 Å². The van der Waals surface area contributed by atoms with Crippen LogP contribution in [0, 0.1) is 6.92 Å². The van der Waals surface area contributed by atoms with E-state index in [-0.39, 0.29) is 28.0 Å². The van der Waals surface area contributed by atoms with E-state index in [1.54, 1.807) is 0 Å². The number of hydrogen-bond acceptors (Lipinski definition) is 4. The summed E-state index contributed by atoms with van der Waals surface area (Å²) in [6.07, 6.45) is -4.97. The monoisotopic (exact) mass is 370 g/mol. The van der Waals surface area contributed by atoms with Crippen molar-refractivity contribution < 1.29 is 27.4 Å². The van der Waals surface area contributed by atoms with Crippen molar-refractivity contribution in [3.8, 4) is 17.2 Å². The molecule has 130 valence electrons. The van der Waals surface area contributed by atoms with Crippen LogP contribution in [0.1, 0.15) is 11.3 Å². The van der Waals surface area contributed by atoms with Gasteiger partial charge >= 0.3 is 6.18 Å². The molecule has 2 aromatic carbocycles. The lowest BCUT2D eigenvalue weighted by Gasteiger charge is -2.14. The molecule has 0 aliphatic rings. The Kier molecular flexibility index (Phi) is 4.12. The zero-order chi connectivity index (χ0) is 18.4. The number of fused-ring (bicyclic) bond motifs is 1. The molecule has 0 amide bonds. The maximum absolute atomic E-state index is 13.4. The molecule has 0 aliphatic carbocycles. The van der Waals surface area contributed by atoms with Gasteiger partial charge in [-0.25, -0.2) is 0 Å². The van der Waals surface area contributed by atoms with E-state index in [9.17, 15) is 23.1 Å². The van der Waals surface area contributed by atoms with Gasteiger partial charge in [0.05, 0.1) is 5.39 Å². The van der Waals surface area contributed by atoms with Gasteiger partial charge in [0.1, 0.15) is 17.1 Å². The van der Waals surface area contributed by atoms with E-state index in [4.69, 9.17) is 20.8 Å². The van der Waals surface area contributed by atoms with Crippen LogP contribution in [0.25, 0.3) is 11.0 Å². The normalized spacial score (nSPS) is 11.7. The number of aromatic hydroxyl groups is 1. The topological polar surface area (TPSA) is 59.7 Å². The predicted octanol–water partition coefficient (Wildman–Crippen LogP) is 5.27. The summed E-state index contributed by atoms with van der Waals surface area (Å²) in [5, 5.41) is 9.87. The highest BCUT2D eigenvalue weighted by Crippen LogP contribution is 2.39. The number of halogens is 4. The minimum atomic E-state index is -4.97. The minimum absolute atomic E-state index is 0.00273. The fourth-order valence-corrected chi connectivity index (χ4v) is 2.39. The SMILES string of the molecule is Cc1c(O)ccc2c(=O)c(Oc3ccc(Cl)cc3)c(C(F)(F)F)oc12. The molecular formula is C17H10ClF3O4. The number of alkyl halides is 3. The lowest BCUT2D eigenvalue weighted by Crippen LogP contribution is -2.15. The van der Waals surface area contributed by atoms with E-state index in [0.717, 1.165) is 0 Å². The van der Waals surface area contributed by atoms with Crippen LogP contribution in [0.15, 0.2) is 45.6 Å². The quantitative estimate of drug-likeness (QED) is 0.667. The zero-order valence-corrected chi connectivity index (χ0v) is 13.4. The molecule has 0 saturated carbocycles. The first-order valence-electron chi connectivity index (χ1n) is 6.98. The first kappa shape index (κ1) is 17.2. The van der Waals surface area contributed by atoms with Gasteiger partial charge in [0.25, 0.3) is 5.76 Å². The van der Waals surface area contributed by atoms with Crippen LogP contribution in [-0.4, -0.2) is 5.11 Å². The van der Waals surface area contributed by atoms with E-state index in [0.29, 0.717) is 5.02 Å². The van der Waals surface area contributed by atoms with Gasteiger partial charge < -0.3 is 14.3 Å². The molecule has 1 aromatic heterocycles. The van der Waals surface area contributed by atoms with Crippen LogP contribution >= 0.6 is 11.6 Å². The third kappa shape index (κ3) is 3.15. The summed E-state index contributed by atoms with van der Waals surface area (Å²) in [5.41, 5.74) is -1.31. The van der Waals surface area contributed by atoms with Crippen molar-refractivity contribution in [3.63, 3.8) is 0 Å². The molecule has 0 saturated heterocycles. The molecule has 1 heterocycles. The van der Waals surface area contributed by atoms with Gasteiger partial charge in [-0.2, -0.15) is 13.2 Å². The third-order valence-electron chi connectivity index (χ3n) is 3.53. The van der Waals surface area contributed by atoms with E-state index in [2.05, 4.69) is 0 Å². The van der Waals surface area contributed by atoms with Gasteiger partial charge in [-0.15, -0.1) is 0 Å². The van der Waals surface area contributed by atoms with Crippen LogP contribution < -0.4 is 10.2 Å². The van der Waals surface area contributed by atoms with Crippen molar-refractivity contribution >= 4 is 22.6 Å². The summed E-state index contributed by atoms with van der Waals surface area (Å²) in [6.45, 7) is 1.35. The molecule has 3 aromatic rings. The van der Waals surface area contributed by atoms with E-state index >= 15 is 0 Å². The molecule has 0 unspecified atom stereocenters. The second kappa shape index (κ2) is 6.00. The highest BCUT2D eigenvalue weighted by molar-refractivity contribution is 6.30. The summed E-state index contributed by atoms with van der Waals surface area (Å²) >= 11 is 5.72. The molecular weight excluding hydrogens is 361 g/mol.